The predicted octanol–water partition coefficient (Wildman–Crippen LogP) is 5.24. The fourth-order valence-corrected chi connectivity index (χ4v) is 4.08. The van der Waals surface area contributed by atoms with Gasteiger partial charge in [0.05, 0.1) is 27.4 Å². The molecule has 1 heterocycles. The summed E-state index contributed by atoms with van der Waals surface area (Å²) < 4.78 is 6.18. The molecule has 0 atom stereocenters. The largest absolute Gasteiger partial charge is 0.494 e. The number of carbonyl (C=O) groups is 1. The summed E-state index contributed by atoms with van der Waals surface area (Å²) in [6.45, 7) is 1.15. The van der Waals surface area contributed by atoms with Crippen LogP contribution in [0.5, 0.6) is 5.75 Å². The van der Waals surface area contributed by atoms with Gasteiger partial charge in [-0.2, -0.15) is 0 Å². The number of rotatable bonds is 6. The predicted molar refractivity (Wildman–Crippen MR) is 120 cm³/mol. The topological polar surface area (TPSA) is 45.7 Å². The molecule has 0 aliphatic rings. The van der Waals surface area contributed by atoms with Crippen LogP contribution in [0.15, 0.2) is 36.4 Å². The zero-order chi connectivity index (χ0) is 19.6. The minimum Gasteiger partial charge on any atom is -0.494 e. The molecule has 0 fully saturated rings. The van der Waals surface area contributed by atoms with Crippen molar-refractivity contribution in [2.75, 3.05) is 39.2 Å². The molecule has 0 radical (unpaired) electrons. The fourth-order valence-electron chi connectivity index (χ4n) is 2.59. The third kappa shape index (κ3) is 4.70. The second kappa shape index (κ2) is 9.76. The van der Waals surface area contributed by atoms with E-state index in [-0.39, 0.29) is 18.3 Å². The van der Waals surface area contributed by atoms with Crippen LogP contribution in [0.3, 0.4) is 0 Å². The Kier molecular flexibility index (Phi) is 7.92. The van der Waals surface area contributed by atoms with Crippen molar-refractivity contribution in [3.63, 3.8) is 0 Å². The number of fused-ring (bicyclic) bond motifs is 1. The quantitative estimate of drug-likeness (QED) is 0.504. The first-order valence-electron chi connectivity index (χ1n) is 8.26. The van der Waals surface area contributed by atoms with E-state index in [4.69, 9.17) is 27.9 Å². The molecule has 28 heavy (non-hydrogen) atoms. The molecule has 0 aliphatic heterocycles. The number of aromatic nitrogens is 1. The van der Waals surface area contributed by atoms with Gasteiger partial charge in [0.15, 0.2) is 5.13 Å². The van der Waals surface area contributed by atoms with E-state index < -0.39 is 0 Å². The summed E-state index contributed by atoms with van der Waals surface area (Å²) in [6, 6.07) is 10.6. The van der Waals surface area contributed by atoms with E-state index >= 15 is 0 Å². The maximum atomic E-state index is 13.2. The van der Waals surface area contributed by atoms with E-state index in [0.717, 1.165) is 4.70 Å². The number of hydrogen-bond acceptors (Lipinski definition) is 5. The monoisotopic (exact) mass is 459 g/mol. The van der Waals surface area contributed by atoms with Gasteiger partial charge in [-0.15, -0.1) is 12.4 Å². The molecular weight excluding hydrogens is 441 g/mol. The van der Waals surface area contributed by atoms with Crippen LogP contribution in [0.4, 0.5) is 5.13 Å². The number of amides is 1. The van der Waals surface area contributed by atoms with Crippen LogP contribution in [0.2, 0.25) is 10.0 Å². The summed E-state index contributed by atoms with van der Waals surface area (Å²) in [4.78, 5) is 21.5. The molecule has 0 saturated heterocycles. The van der Waals surface area contributed by atoms with E-state index in [1.807, 2.05) is 19.0 Å². The van der Waals surface area contributed by atoms with Crippen LogP contribution in [-0.4, -0.2) is 50.1 Å². The first-order chi connectivity index (χ1) is 12.9. The first-order valence-corrected chi connectivity index (χ1v) is 9.83. The molecule has 0 unspecified atom stereocenters. The highest BCUT2D eigenvalue weighted by atomic mass is 35.5. The third-order valence-corrected chi connectivity index (χ3v) is 5.89. The highest BCUT2D eigenvalue weighted by molar-refractivity contribution is 7.23. The van der Waals surface area contributed by atoms with Gasteiger partial charge in [-0.1, -0.05) is 46.7 Å². The summed E-state index contributed by atoms with van der Waals surface area (Å²) in [5.74, 6) is 0.422. The van der Waals surface area contributed by atoms with Gasteiger partial charge in [0.2, 0.25) is 0 Å². The minimum absolute atomic E-state index is 0. The zero-order valence-electron chi connectivity index (χ0n) is 15.6. The van der Waals surface area contributed by atoms with Gasteiger partial charge in [0.1, 0.15) is 11.3 Å². The molecule has 3 aromatic rings. The number of anilines is 1. The van der Waals surface area contributed by atoms with Crippen LogP contribution >= 0.6 is 46.9 Å². The molecule has 2 aromatic carbocycles. The van der Waals surface area contributed by atoms with Crippen LogP contribution in [-0.2, 0) is 0 Å². The number of methoxy groups -OCH3 is 1. The Morgan fingerprint density at radius 1 is 1.11 bits per heavy atom. The van der Waals surface area contributed by atoms with Crippen molar-refractivity contribution in [1.29, 1.82) is 0 Å². The molecule has 9 heteroatoms. The molecule has 0 saturated carbocycles. The number of halogens is 3. The van der Waals surface area contributed by atoms with Gasteiger partial charge in [-0.3, -0.25) is 9.69 Å². The Morgan fingerprint density at radius 3 is 2.46 bits per heavy atom. The van der Waals surface area contributed by atoms with Crippen LogP contribution < -0.4 is 9.64 Å². The van der Waals surface area contributed by atoms with E-state index in [1.54, 1.807) is 48.4 Å². The van der Waals surface area contributed by atoms with Crippen molar-refractivity contribution < 1.29 is 9.53 Å². The standard InChI is InChI=1S/C19H19Cl2N3O2S.ClH/c1-23(2)10-11-24(18(25)12-6-4-5-7-13(12)20)19-22-16-15(26-3)9-8-14(21)17(16)27-19;/h4-9H,10-11H2,1-3H3;1H. The number of nitrogens with zero attached hydrogens (tertiary/aromatic N) is 3. The van der Waals surface area contributed by atoms with Gasteiger partial charge >= 0.3 is 0 Å². The second-order valence-electron chi connectivity index (χ2n) is 6.16. The van der Waals surface area contributed by atoms with Gasteiger partial charge in [-0.25, -0.2) is 4.98 Å². The summed E-state index contributed by atoms with van der Waals surface area (Å²) in [5, 5.41) is 1.55. The lowest BCUT2D eigenvalue weighted by Crippen LogP contribution is -2.36. The minimum atomic E-state index is -0.198. The maximum Gasteiger partial charge on any atom is 0.261 e. The SMILES string of the molecule is COc1ccc(Cl)c2sc(N(CCN(C)C)C(=O)c3ccccc3Cl)nc12.Cl. The number of carbonyl (C=O) groups excluding carboxylic acids is 1. The van der Waals surface area contributed by atoms with Gasteiger partial charge < -0.3 is 9.64 Å². The van der Waals surface area contributed by atoms with Crippen molar-refractivity contribution in [2.45, 2.75) is 0 Å². The number of likely N-dealkylation sites (N-methyl/N-ethyl adjacent to an activating group) is 1. The van der Waals surface area contributed by atoms with E-state index in [2.05, 4.69) is 4.98 Å². The summed E-state index contributed by atoms with van der Waals surface area (Å²) in [5.41, 5.74) is 1.09. The molecule has 0 aliphatic carbocycles. The number of ether oxygens (including phenoxy) is 1. The van der Waals surface area contributed by atoms with Crippen molar-refractivity contribution in [3.8, 4) is 5.75 Å². The lowest BCUT2D eigenvalue weighted by atomic mass is 10.2. The van der Waals surface area contributed by atoms with Crippen molar-refractivity contribution in [3.05, 3.63) is 52.0 Å². The molecule has 150 valence electrons. The number of thiazole rings is 1. The molecular formula is C19H20Cl3N3O2S. The van der Waals surface area contributed by atoms with E-state index in [1.165, 1.54) is 11.3 Å². The molecule has 1 aromatic heterocycles. The van der Waals surface area contributed by atoms with E-state index in [0.29, 0.717) is 45.1 Å². The Hall–Kier alpha value is -1.57. The molecule has 0 spiro atoms. The van der Waals surface area contributed by atoms with Crippen LogP contribution in [0.25, 0.3) is 10.2 Å². The molecule has 1 amide bonds. The molecule has 3 rings (SSSR count). The van der Waals surface area contributed by atoms with Gasteiger partial charge in [0.25, 0.3) is 5.91 Å². The fraction of sp³-hybridized carbons (Fsp3) is 0.263. The van der Waals surface area contributed by atoms with Crippen molar-refractivity contribution >= 4 is 68.2 Å². The average molecular weight is 461 g/mol. The van der Waals surface area contributed by atoms with Crippen LogP contribution in [0.1, 0.15) is 10.4 Å². The smallest absolute Gasteiger partial charge is 0.261 e. The maximum absolute atomic E-state index is 13.2. The third-order valence-electron chi connectivity index (χ3n) is 4.02. The van der Waals surface area contributed by atoms with Gasteiger partial charge in [0, 0.05) is 13.1 Å². The average Bonchev–Trinajstić information content (AvgIpc) is 3.08. The normalized spacial score (nSPS) is 10.8. The van der Waals surface area contributed by atoms with E-state index in [9.17, 15) is 4.79 Å². The summed E-state index contributed by atoms with van der Waals surface area (Å²) in [7, 11) is 5.49. The number of hydrogen-bond donors (Lipinski definition) is 0. The Labute approximate surface area is 184 Å². The highest BCUT2D eigenvalue weighted by Crippen LogP contribution is 2.39. The zero-order valence-corrected chi connectivity index (χ0v) is 18.8. The second-order valence-corrected chi connectivity index (χ2v) is 7.96. The van der Waals surface area contributed by atoms with Gasteiger partial charge in [-0.05, 0) is 38.4 Å². The van der Waals surface area contributed by atoms with Crippen LogP contribution in [0, 0.1) is 0 Å². The van der Waals surface area contributed by atoms with Crippen molar-refractivity contribution in [1.82, 2.24) is 9.88 Å². The summed E-state index contributed by atoms with van der Waals surface area (Å²) >= 11 is 13.9. The Morgan fingerprint density at radius 2 is 1.82 bits per heavy atom. The van der Waals surface area contributed by atoms with Crippen molar-refractivity contribution in [2.24, 2.45) is 0 Å². The molecule has 0 bridgehead atoms. The lowest BCUT2D eigenvalue weighted by molar-refractivity contribution is 0.0985. The lowest BCUT2D eigenvalue weighted by Gasteiger charge is -2.22. The first kappa shape index (κ1) is 22.7. The Bertz CT molecular complexity index is 978. The highest BCUT2D eigenvalue weighted by Gasteiger charge is 2.24. The summed E-state index contributed by atoms with van der Waals surface area (Å²) in [6.07, 6.45) is 0. The molecule has 0 N–H and O–H groups in total. The molecule has 5 nitrogen and oxygen atoms in total. The number of benzene rings is 2. The Balaban J connectivity index is 0.00000280.